The quantitative estimate of drug-likeness (QED) is 0.332. The van der Waals surface area contributed by atoms with Crippen LogP contribution in [0.5, 0.6) is 5.75 Å². The molecule has 0 aliphatic carbocycles. The zero-order chi connectivity index (χ0) is 27.9. The molecule has 2 heterocycles. The molecule has 2 amide bonds. The molecule has 10 nitrogen and oxygen atoms in total. The summed E-state index contributed by atoms with van der Waals surface area (Å²) < 4.78 is 5.67. The van der Waals surface area contributed by atoms with E-state index in [0.29, 0.717) is 46.0 Å². The van der Waals surface area contributed by atoms with Gasteiger partial charge in [0.25, 0.3) is 5.91 Å². The van der Waals surface area contributed by atoms with Gasteiger partial charge in [-0.3, -0.25) is 9.59 Å². The van der Waals surface area contributed by atoms with Crippen molar-refractivity contribution in [2.45, 2.75) is 18.9 Å². The smallest absolute Gasteiger partial charge is 0.253 e. The van der Waals surface area contributed by atoms with E-state index in [4.69, 9.17) is 16.3 Å². The van der Waals surface area contributed by atoms with Gasteiger partial charge >= 0.3 is 0 Å². The Bertz CT molecular complexity index is 1370. The normalized spacial score (nSPS) is 14.8. The van der Waals surface area contributed by atoms with E-state index in [1.165, 1.54) is 12.3 Å². The maximum atomic E-state index is 12.3. The molecule has 0 bridgehead atoms. The lowest BCUT2D eigenvalue weighted by molar-refractivity contribution is -0.127. The van der Waals surface area contributed by atoms with Crippen LogP contribution in [0.25, 0.3) is 0 Å². The summed E-state index contributed by atoms with van der Waals surface area (Å²) in [6.45, 7) is 5.00. The van der Waals surface area contributed by atoms with E-state index < -0.39 is 0 Å². The summed E-state index contributed by atoms with van der Waals surface area (Å²) in [6.07, 6.45) is 4.77. The van der Waals surface area contributed by atoms with Crippen molar-refractivity contribution in [1.29, 1.82) is 0 Å². The Morgan fingerprint density at radius 1 is 1.21 bits per heavy atom. The number of methoxy groups -OCH3 is 1. The van der Waals surface area contributed by atoms with E-state index in [1.807, 2.05) is 36.2 Å². The Morgan fingerprint density at radius 2 is 2.00 bits per heavy atom. The minimum Gasteiger partial charge on any atom is -0.494 e. The Kier molecular flexibility index (Phi) is 8.88. The van der Waals surface area contributed by atoms with Gasteiger partial charge in [0.15, 0.2) is 5.82 Å². The van der Waals surface area contributed by atoms with Crippen LogP contribution < -0.4 is 25.6 Å². The van der Waals surface area contributed by atoms with Gasteiger partial charge < -0.3 is 30.5 Å². The minimum atomic E-state index is -0.232. The maximum absolute atomic E-state index is 12.3. The number of nitrogens with zero attached hydrogens (tertiary/aromatic N) is 4. The van der Waals surface area contributed by atoms with Gasteiger partial charge in [0.1, 0.15) is 10.8 Å². The molecule has 1 unspecified atom stereocenters. The maximum Gasteiger partial charge on any atom is 0.253 e. The molecule has 204 valence electrons. The van der Waals surface area contributed by atoms with Crippen LogP contribution in [0.3, 0.4) is 0 Å². The third kappa shape index (κ3) is 6.40. The second-order valence-corrected chi connectivity index (χ2v) is 9.45. The number of ether oxygens (including phenoxy) is 1. The number of para-hydroxylation sites is 1. The van der Waals surface area contributed by atoms with Gasteiger partial charge in [-0.05, 0) is 43.2 Å². The summed E-state index contributed by atoms with van der Waals surface area (Å²) in [6, 6.07) is 13.1. The number of amides is 2. The number of anilines is 5. The number of carbonyl (C=O) groups excluding carboxylic acids is 2. The molecule has 3 N–H and O–H groups in total. The van der Waals surface area contributed by atoms with E-state index in [1.54, 1.807) is 32.4 Å². The predicted molar refractivity (Wildman–Crippen MR) is 155 cm³/mol. The van der Waals surface area contributed by atoms with Crippen LogP contribution >= 0.6 is 11.6 Å². The van der Waals surface area contributed by atoms with Crippen molar-refractivity contribution >= 4 is 52.2 Å². The van der Waals surface area contributed by atoms with E-state index in [2.05, 4.69) is 37.4 Å². The fraction of sp³-hybridized carbons (Fsp3) is 0.286. The van der Waals surface area contributed by atoms with E-state index in [-0.39, 0.29) is 17.9 Å². The molecule has 3 aromatic rings. The third-order valence-corrected chi connectivity index (χ3v) is 6.94. The first-order valence-corrected chi connectivity index (χ1v) is 12.9. The number of likely N-dealkylation sites (N-methyl/N-ethyl adjacent to an activating group) is 1. The molecule has 0 saturated carbocycles. The molecule has 0 radical (unpaired) electrons. The van der Waals surface area contributed by atoms with Crippen LogP contribution in [-0.4, -0.2) is 67.0 Å². The number of aromatic nitrogens is 2. The minimum absolute atomic E-state index is 0.0424. The number of hydrogen-bond acceptors (Lipinski definition) is 8. The van der Waals surface area contributed by atoms with E-state index in [0.717, 1.165) is 25.1 Å². The summed E-state index contributed by atoms with van der Waals surface area (Å²) in [7, 11) is 5.19. The number of carbonyl (C=O) groups is 2. The van der Waals surface area contributed by atoms with Crippen molar-refractivity contribution in [3.8, 4) is 5.75 Å². The lowest BCUT2D eigenvalue weighted by Crippen LogP contribution is -2.48. The van der Waals surface area contributed by atoms with E-state index in [9.17, 15) is 9.59 Å². The highest BCUT2D eigenvalue weighted by molar-refractivity contribution is 6.33. The predicted octanol–water partition coefficient (Wildman–Crippen LogP) is 4.60. The van der Waals surface area contributed by atoms with Gasteiger partial charge in [0.05, 0.1) is 30.2 Å². The number of piperidine rings is 1. The second kappa shape index (κ2) is 12.5. The van der Waals surface area contributed by atoms with Crippen molar-refractivity contribution in [3.63, 3.8) is 0 Å². The van der Waals surface area contributed by atoms with Gasteiger partial charge in [-0.25, -0.2) is 4.98 Å². The van der Waals surface area contributed by atoms with Gasteiger partial charge in [-0.1, -0.05) is 30.3 Å². The zero-order valence-electron chi connectivity index (χ0n) is 22.2. The molecule has 0 spiro atoms. The molecular weight excluding hydrogens is 518 g/mol. The molecule has 1 fully saturated rings. The highest BCUT2D eigenvalue weighted by Crippen LogP contribution is 2.34. The Hall–Kier alpha value is -4.31. The fourth-order valence-corrected chi connectivity index (χ4v) is 4.64. The van der Waals surface area contributed by atoms with Crippen molar-refractivity contribution in [2.24, 2.45) is 0 Å². The zero-order valence-corrected chi connectivity index (χ0v) is 23.0. The molecule has 1 aromatic heterocycles. The molecule has 2 aromatic carbocycles. The number of halogens is 1. The van der Waals surface area contributed by atoms with Crippen molar-refractivity contribution < 1.29 is 14.3 Å². The number of likely N-dealkylation sites (tertiary alicyclic amines) is 1. The average Bonchev–Trinajstić information content (AvgIpc) is 2.98. The summed E-state index contributed by atoms with van der Waals surface area (Å²) >= 11 is 6.37. The Balaban J connectivity index is 1.53. The number of hydrogen-bond donors (Lipinski definition) is 3. The number of benzene rings is 2. The number of rotatable bonds is 9. The SMILES string of the molecule is C=CC(=O)N1CCCC(N(C)c2ccc(Nc3ncc(Cl)c(Nc4ccccc4C(=O)NC)n3)c(OC)c2)C1. The molecule has 1 saturated heterocycles. The highest BCUT2D eigenvalue weighted by Gasteiger charge is 2.26. The van der Waals surface area contributed by atoms with Gasteiger partial charge in [0, 0.05) is 45.0 Å². The summed E-state index contributed by atoms with van der Waals surface area (Å²) in [5, 5.41) is 9.25. The van der Waals surface area contributed by atoms with Crippen LogP contribution in [-0.2, 0) is 4.79 Å². The van der Waals surface area contributed by atoms with Gasteiger partial charge in [-0.2, -0.15) is 4.98 Å². The Labute approximate surface area is 233 Å². The van der Waals surface area contributed by atoms with Gasteiger partial charge in [0.2, 0.25) is 11.9 Å². The monoisotopic (exact) mass is 549 g/mol. The lowest BCUT2D eigenvalue weighted by Gasteiger charge is -2.38. The fourth-order valence-electron chi connectivity index (χ4n) is 4.50. The summed E-state index contributed by atoms with van der Waals surface area (Å²) in [5.41, 5.74) is 2.64. The van der Waals surface area contributed by atoms with Crippen LogP contribution in [0.2, 0.25) is 5.02 Å². The van der Waals surface area contributed by atoms with Crippen LogP contribution in [0.4, 0.5) is 28.8 Å². The van der Waals surface area contributed by atoms with Crippen molar-refractivity contribution in [1.82, 2.24) is 20.2 Å². The second-order valence-electron chi connectivity index (χ2n) is 9.04. The average molecular weight is 550 g/mol. The molecule has 39 heavy (non-hydrogen) atoms. The molecule has 4 rings (SSSR count). The molecule has 11 heteroatoms. The largest absolute Gasteiger partial charge is 0.494 e. The summed E-state index contributed by atoms with van der Waals surface area (Å²) in [5.74, 6) is 0.970. The van der Waals surface area contributed by atoms with Crippen LogP contribution in [0, 0.1) is 0 Å². The molecule has 1 atom stereocenters. The van der Waals surface area contributed by atoms with Crippen LogP contribution in [0.1, 0.15) is 23.2 Å². The topological polar surface area (TPSA) is 112 Å². The lowest BCUT2D eigenvalue weighted by atomic mass is 10.0. The molecule has 1 aliphatic heterocycles. The number of nitrogens with one attached hydrogen (secondary N) is 3. The van der Waals surface area contributed by atoms with Crippen LogP contribution in [0.15, 0.2) is 61.3 Å². The first-order chi connectivity index (χ1) is 18.8. The molecular formula is C28H32ClN7O3. The van der Waals surface area contributed by atoms with Crippen molar-refractivity contribution in [3.05, 3.63) is 71.9 Å². The van der Waals surface area contributed by atoms with Crippen molar-refractivity contribution in [2.75, 3.05) is 49.8 Å². The standard InChI is InChI=1S/C28H32ClN7O3/c1-5-25(37)36-14-8-9-19(17-36)35(3)18-12-13-23(24(15-18)39-4)33-28-31-16-21(29)26(34-28)32-22-11-7-6-10-20(22)27(38)30-2/h5-7,10-13,15-16,19H,1,8-9,14,17H2,2-4H3,(H,30,38)(H2,31,32,33,34). The Morgan fingerprint density at radius 3 is 2.74 bits per heavy atom. The van der Waals surface area contributed by atoms with Gasteiger partial charge in [-0.15, -0.1) is 0 Å². The summed E-state index contributed by atoms with van der Waals surface area (Å²) in [4.78, 5) is 37.2. The van der Waals surface area contributed by atoms with E-state index >= 15 is 0 Å². The first-order valence-electron chi connectivity index (χ1n) is 12.5. The highest BCUT2D eigenvalue weighted by atomic mass is 35.5. The molecule has 1 aliphatic rings. The first kappa shape index (κ1) is 27.7. The third-order valence-electron chi connectivity index (χ3n) is 6.67.